The fourth-order valence-electron chi connectivity index (χ4n) is 2.80. The molecule has 0 atom stereocenters. The predicted octanol–water partition coefficient (Wildman–Crippen LogP) is 1.37. The van der Waals surface area contributed by atoms with Crippen molar-refractivity contribution in [3.05, 3.63) is 57.9 Å². The lowest BCUT2D eigenvalue weighted by Crippen LogP contribution is -2.45. The Balaban J connectivity index is 1.56. The van der Waals surface area contributed by atoms with Gasteiger partial charge in [-0.3, -0.25) is 19.6 Å². The number of pyridine rings is 1. The molecule has 1 N–H and O–H groups in total. The minimum absolute atomic E-state index is 0.272. The highest BCUT2D eigenvalue weighted by atomic mass is 16.4. The van der Waals surface area contributed by atoms with E-state index in [1.165, 1.54) is 6.07 Å². The van der Waals surface area contributed by atoms with Crippen LogP contribution in [0.1, 0.15) is 17.2 Å². The van der Waals surface area contributed by atoms with E-state index in [1.807, 2.05) is 24.4 Å². The van der Waals surface area contributed by atoms with Crippen LogP contribution in [0.4, 0.5) is 0 Å². The average molecular weight is 315 g/mol. The second-order valence-electron chi connectivity index (χ2n) is 5.87. The van der Waals surface area contributed by atoms with Gasteiger partial charge >= 0.3 is 0 Å². The number of aromatic hydroxyl groups is 1. The van der Waals surface area contributed by atoms with Gasteiger partial charge in [0.1, 0.15) is 5.76 Å². The van der Waals surface area contributed by atoms with E-state index < -0.39 is 0 Å². The molecule has 0 amide bonds. The van der Waals surface area contributed by atoms with Crippen molar-refractivity contribution >= 4 is 0 Å². The molecule has 0 unspecified atom stereocenters. The van der Waals surface area contributed by atoms with E-state index in [0.29, 0.717) is 18.1 Å². The molecular formula is C17H21N3O3. The Morgan fingerprint density at radius 3 is 2.52 bits per heavy atom. The molecule has 6 nitrogen and oxygen atoms in total. The van der Waals surface area contributed by atoms with Gasteiger partial charge in [0.05, 0.1) is 12.2 Å². The van der Waals surface area contributed by atoms with Gasteiger partial charge in [-0.15, -0.1) is 0 Å². The molecule has 3 rings (SSSR count). The third kappa shape index (κ3) is 3.97. The van der Waals surface area contributed by atoms with Crippen LogP contribution in [-0.4, -0.2) is 46.1 Å². The van der Waals surface area contributed by atoms with E-state index in [4.69, 9.17) is 4.42 Å². The fraction of sp³-hybridized carbons (Fsp3) is 0.412. The zero-order valence-electron chi connectivity index (χ0n) is 13.2. The number of hydrogen-bond donors (Lipinski definition) is 1. The van der Waals surface area contributed by atoms with Crippen LogP contribution in [0.5, 0.6) is 5.75 Å². The number of nitrogens with zero attached hydrogens (tertiary/aromatic N) is 3. The van der Waals surface area contributed by atoms with Crippen molar-refractivity contribution in [1.29, 1.82) is 0 Å². The van der Waals surface area contributed by atoms with Gasteiger partial charge < -0.3 is 9.52 Å². The van der Waals surface area contributed by atoms with Gasteiger partial charge in [-0.1, -0.05) is 6.07 Å². The van der Waals surface area contributed by atoms with Gasteiger partial charge in [0.15, 0.2) is 5.76 Å². The largest absolute Gasteiger partial charge is 0.502 e. The van der Waals surface area contributed by atoms with Crippen LogP contribution in [0.25, 0.3) is 0 Å². The Morgan fingerprint density at radius 2 is 1.87 bits per heavy atom. The summed E-state index contributed by atoms with van der Waals surface area (Å²) in [6.07, 6.45) is 1.81. The molecule has 1 saturated heterocycles. The van der Waals surface area contributed by atoms with Crippen LogP contribution in [0.15, 0.2) is 39.7 Å². The molecule has 0 aliphatic carbocycles. The summed E-state index contributed by atoms with van der Waals surface area (Å²) in [5.41, 5.74) is 0.695. The van der Waals surface area contributed by atoms with E-state index in [1.54, 1.807) is 6.92 Å². The van der Waals surface area contributed by atoms with E-state index in [2.05, 4.69) is 14.8 Å². The monoisotopic (exact) mass is 315 g/mol. The molecule has 2 aromatic heterocycles. The number of piperazine rings is 1. The minimum Gasteiger partial charge on any atom is -0.502 e. The molecule has 2 aromatic rings. The Hall–Kier alpha value is -2.18. The lowest BCUT2D eigenvalue weighted by molar-refractivity contribution is 0.112. The van der Waals surface area contributed by atoms with Crippen molar-refractivity contribution in [1.82, 2.24) is 14.8 Å². The molecule has 0 saturated carbocycles. The molecule has 0 bridgehead atoms. The van der Waals surface area contributed by atoms with Crippen LogP contribution in [0.2, 0.25) is 0 Å². The molecule has 23 heavy (non-hydrogen) atoms. The van der Waals surface area contributed by atoms with Crippen LogP contribution >= 0.6 is 0 Å². The van der Waals surface area contributed by atoms with Gasteiger partial charge in [-0.2, -0.15) is 0 Å². The summed E-state index contributed by atoms with van der Waals surface area (Å²) in [5, 5.41) is 9.85. The molecule has 3 heterocycles. The molecule has 1 aliphatic heterocycles. The summed E-state index contributed by atoms with van der Waals surface area (Å²) in [4.78, 5) is 20.5. The van der Waals surface area contributed by atoms with E-state index in [9.17, 15) is 9.90 Å². The molecule has 0 aromatic carbocycles. The van der Waals surface area contributed by atoms with Crippen molar-refractivity contribution in [2.45, 2.75) is 20.0 Å². The first-order chi connectivity index (χ1) is 11.1. The lowest BCUT2D eigenvalue weighted by atomic mass is 10.2. The SMILES string of the molecule is Cc1cc(=O)c(O)c(CN2CCN(Cc3ccccn3)CC2)o1. The molecule has 6 heteroatoms. The van der Waals surface area contributed by atoms with E-state index >= 15 is 0 Å². The number of rotatable bonds is 4. The van der Waals surface area contributed by atoms with Gasteiger partial charge in [0, 0.05) is 45.0 Å². The Labute approximate surface area is 135 Å². The summed E-state index contributed by atoms with van der Waals surface area (Å²) >= 11 is 0. The van der Waals surface area contributed by atoms with Gasteiger partial charge in [0.2, 0.25) is 11.2 Å². The smallest absolute Gasteiger partial charge is 0.227 e. The summed E-state index contributed by atoms with van der Waals surface area (Å²) in [6.45, 7) is 6.60. The quantitative estimate of drug-likeness (QED) is 0.919. The summed E-state index contributed by atoms with van der Waals surface area (Å²) < 4.78 is 5.50. The Bertz CT molecular complexity index is 707. The molecule has 0 radical (unpaired) electrons. The van der Waals surface area contributed by atoms with Crippen molar-refractivity contribution in [2.24, 2.45) is 0 Å². The topological polar surface area (TPSA) is 69.8 Å². The summed E-state index contributed by atoms with van der Waals surface area (Å²) in [6, 6.07) is 7.26. The number of aryl methyl sites for hydroxylation is 1. The first-order valence-electron chi connectivity index (χ1n) is 7.79. The molecule has 1 fully saturated rings. The lowest BCUT2D eigenvalue weighted by Gasteiger charge is -2.34. The zero-order chi connectivity index (χ0) is 16.2. The van der Waals surface area contributed by atoms with Crippen LogP contribution in [0, 0.1) is 6.92 Å². The van der Waals surface area contributed by atoms with E-state index in [0.717, 1.165) is 38.4 Å². The maximum absolute atomic E-state index is 11.6. The van der Waals surface area contributed by atoms with Crippen LogP contribution in [0.3, 0.4) is 0 Å². The standard InChI is InChI=1S/C17H21N3O3/c1-13-10-15(21)17(22)16(23-13)12-20-8-6-19(7-9-20)11-14-4-2-3-5-18-14/h2-5,10,22H,6-9,11-12H2,1H3. The molecule has 1 aliphatic rings. The molecule has 122 valence electrons. The van der Waals surface area contributed by atoms with Crippen molar-refractivity contribution in [3.8, 4) is 5.75 Å². The summed E-state index contributed by atoms with van der Waals surface area (Å²) in [7, 11) is 0. The van der Waals surface area contributed by atoms with Crippen molar-refractivity contribution in [3.63, 3.8) is 0 Å². The average Bonchev–Trinajstić information content (AvgIpc) is 2.55. The number of aromatic nitrogens is 1. The highest BCUT2D eigenvalue weighted by Crippen LogP contribution is 2.17. The van der Waals surface area contributed by atoms with Crippen LogP contribution < -0.4 is 5.43 Å². The Kier molecular flexibility index (Phi) is 4.73. The third-order valence-corrected chi connectivity index (χ3v) is 4.06. The van der Waals surface area contributed by atoms with Gasteiger partial charge in [-0.05, 0) is 19.1 Å². The van der Waals surface area contributed by atoms with Gasteiger partial charge in [-0.25, -0.2) is 0 Å². The molecular weight excluding hydrogens is 294 g/mol. The zero-order valence-corrected chi connectivity index (χ0v) is 13.2. The van der Waals surface area contributed by atoms with Crippen LogP contribution in [-0.2, 0) is 13.1 Å². The maximum atomic E-state index is 11.6. The normalized spacial score (nSPS) is 16.6. The second-order valence-corrected chi connectivity index (χ2v) is 5.87. The van der Waals surface area contributed by atoms with Gasteiger partial charge in [0.25, 0.3) is 0 Å². The summed E-state index contributed by atoms with van der Waals surface area (Å²) in [5.74, 6) is 0.608. The highest BCUT2D eigenvalue weighted by Gasteiger charge is 2.20. The Morgan fingerprint density at radius 1 is 1.17 bits per heavy atom. The predicted molar refractivity (Wildman–Crippen MR) is 86.2 cm³/mol. The van der Waals surface area contributed by atoms with E-state index in [-0.39, 0.29) is 11.2 Å². The molecule has 0 spiro atoms. The third-order valence-electron chi connectivity index (χ3n) is 4.06. The first kappa shape index (κ1) is 15.7. The number of hydrogen-bond acceptors (Lipinski definition) is 6. The minimum atomic E-state index is -0.377. The maximum Gasteiger partial charge on any atom is 0.227 e. The first-order valence-corrected chi connectivity index (χ1v) is 7.79. The highest BCUT2D eigenvalue weighted by molar-refractivity contribution is 5.24. The second kappa shape index (κ2) is 6.93. The van der Waals surface area contributed by atoms with Crippen molar-refractivity contribution in [2.75, 3.05) is 26.2 Å². The van der Waals surface area contributed by atoms with Crippen molar-refractivity contribution < 1.29 is 9.52 Å². The fourth-order valence-corrected chi connectivity index (χ4v) is 2.80.